The van der Waals surface area contributed by atoms with Crippen molar-refractivity contribution in [3.63, 3.8) is 0 Å². The van der Waals surface area contributed by atoms with E-state index in [0.29, 0.717) is 28.8 Å². The molecule has 10 heteroatoms. The van der Waals surface area contributed by atoms with Gasteiger partial charge in [0.25, 0.3) is 5.91 Å². The van der Waals surface area contributed by atoms with Crippen molar-refractivity contribution in [2.24, 2.45) is 0 Å². The Hall–Kier alpha value is -3.40. The van der Waals surface area contributed by atoms with Gasteiger partial charge in [-0.25, -0.2) is 8.42 Å². The Kier molecular flexibility index (Phi) is 9.41. The quantitative estimate of drug-likeness (QED) is 0.315. The number of benzene rings is 2. The lowest BCUT2D eigenvalue weighted by molar-refractivity contribution is -0.154. The van der Waals surface area contributed by atoms with Crippen LogP contribution in [0.4, 0.5) is 5.69 Å². The van der Waals surface area contributed by atoms with E-state index in [1.807, 2.05) is 0 Å². The largest absolute Gasteiger partial charge is 0.481 e. The monoisotopic (exact) mass is 504 g/mol. The lowest BCUT2D eigenvalue weighted by atomic mass is 10.1. The first-order chi connectivity index (χ1) is 16.3. The summed E-state index contributed by atoms with van der Waals surface area (Å²) in [6.45, 7) is 6.95. The Morgan fingerprint density at radius 1 is 1.03 bits per heavy atom. The van der Waals surface area contributed by atoms with Gasteiger partial charge in [-0.3, -0.25) is 19.1 Å². The summed E-state index contributed by atoms with van der Waals surface area (Å²) in [7, 11) is -4.17. The number of aliphatic carboxylic acids is 1. The molecule has 0 saturated heterocycles. The SMILES string of the molecule is Cc1ccccc1NS(=O)(=O)[C@@H](Cc1ccc(C(=O)NCCCC(=O)O)cc1)C(=O)OC(C)(C)C. The third-order valence-electron chi connectivity index (χ3n) is 4.93. The molecule has 3 N–H and O–H groups in total. The van der Waals surface area contributed by atoms with Gasteiger partial charge in [-0.15, -0.1) is 0 Å². The molecule has 0 aliphatic heterocycles. The topological polar surface area (TPSA) is 139 Å². The Morgan fingerprint density at radius 3 is 2.23 bits per heavy atom. The molecule has 2 aromatic rings. The third-order valence-corrected chi connectivity index (χ3v) is 6.54. The average Bonchev–Trinajstić information content (AvgIpc) is 2.75. The highest BCUT2D eigenvalue weighted by Crippen LogP contribution is 2.21. The summed E-state index contributed by atoms with van der Waals surface area (Å²) in [4.78, 5) is 35.7. The molecule has 9 nitrogen and oxygen atoms in total. The van der Waals surface area contributed by atoms with Crippen molar-refractivity contribution in [1.29, 1.82) is 0 Å². The van der Waals surface area contributed by atoms with Gasteiger partial charge in [0.15, 0.2) is 5.25 Å². The number of nitrogens with one attached hydrogen (secondary N) is 2. The van der Waals surface area contributed by atoms with E-state index in [9.17, 15) is 22.8 Å². The molecule has 0 saturated carbocycles. The zero-order valence-electron chi connectivity index (χ0n) is 20.3. The third kappa shape index (κ3) is 9.05. The first kappa shape index (κ1) is 27.8. The number of amides is 1. The van der Waals surface area contributed by atoms with Crippen LogP contribution in [0.3, 0.4) is 0 Å². The number of hydrogen-bond acceptors (Lipinski definition) is 6. The van der Waals surface area contributed by atoms with Gasteiger partial charge in [0.1, 0.15) is 5.60 Å². The Balaban J connectivity index is 2.20. The van der Waals surface area contributed by atoms with Crippen LogP contribution in [0.25, 0.3) is 0 Å². The summed E-state index contributed by atoms with van der Waals surface area (Å²) in [5.74, 6) is -2.19. The fourth-order valence-corrected chi connectivity index (χ4v) is 4.54. The van der Waals surface area contributed by atoms with E-state index >= 15 is 0 Å². The number of carbonyl (C=O) groups excluding carboxylic acids is 2. The number of sulfonamides is 1. The molecule has 0 unspecified atom stereocenters. The molecule has 0 heterocycles. The molecule has 0 aromatic heterocycles. The normalized spacial score (nSPS) is 12.5. The molecule has 0 radical (unpaired) electrons. The zero-order valence-corrected chi connectivity index (χ0v) is 21.1. The van der Waals surface area contributed by atoms with Gasteiger partial charge >= 0.3 is 11.9 Å². The highest BCUT2D eigenvalue weighted by molar-refractivity contribution is 7.94. The standard InChI is InChI=1S/C25H32N2O7S/c1-17-8-5-6-9-20(17)27-35(32,33)21(24(31)34-25(2,3)4)16-18-11-13-19(14-12-18)23(30)26-15-7-10-22(28)29/h5-6,8-9,11-14,21,27H,7,10,15-16H2,1-4H3,(H,26,30)(H,28,29)/t21-/m0/s1. The van der Waals surface area contributed by atoms with Gasteiger partial charge in [-0.1, -0.05) is 30.3 Å². The smallest absolute Gasteiger partial charge is 0.327 e. The van der Waals surface area contributed by atoms with E-state index in [0.717, 1.165) is 0 Å². The number of carboxylic acid groups (broad SMARTS) is 1. The fourth-order valence-electron chi connectivity index (χ4n) is 3.15. The van der Waals surface area contributed by atoms with Gasteiger partial charge in [-0.05, 0) is 63.4 Å². The summed E-state index contributed by atoms with van der Waals surface area (Å²) in [5.41, 5.74) is 1.06. The van der Waals surface area contributed by atoms with Crippen LogP contribution in [0.1, 0.15) is 55.1 Å². The molecular weight excluding hydrogens is 472 g/mol. The van der Waals surface area contributed by atoms with Crippen molar-refractivity contribution < 1.29 is 32.6 Å². The molecule has 1 atom stereocenters. The highest BCUT2D eigenvalue weighted by Gasteiger charge is 2.36. The van der Waals surface area contributed by atoms with Crippen molar-refractivity contribution in [2.75, 3.05) is 11.3 Å². The van der Waals surface area contributed by atoms with Gasteiger partial charge in [0.2, 0.25) is 10.0 Å². The number of aryl methyl sites for hydroxylation is 1. The molecule has 2 rings (SSSR count). The van der Waals surface area contributed by atoms with Gasteiger partial charge < -0.3 is 15.2 Å². The number of rotatable bonds is 11. The molecule has 190 valence electrons. The molecule has 35 heavy (non-hydrogen) atoms. The molecule has 0 aliphatic carbocycles. The van der Waals surface area contributed by atoms with Gasteiger partial charge in [0.05, 0.1) is 5.69 Å². The van der Waals surface area contributed by atoms with E-state index in [1.54, 1.807) is 64.1 Å². The Bertz CT molecular complexity index is 1150. The molecule has 0 spiro atoms. The second kappa shape index (κ2) is 11.8. The van der Waals surface area contributed by atoms with Crippen LogP contribution in [-0.2, 0) is 30.8 Å². The van der Waals surface area contributed by atoms with E-state index in [-0.39, 0.29) is 25.3 Å². The van der Waals surface area contributed by atoms with Crippen molar-refractivity contribution in [1.82, 2.24) is 5.32 Å². The lowest BCUT2D eigenvalue weighted by Crippen LogP contribution is -2.41. The lowest BCUT2D eigenvalue weighted by Gasteiger charge is -2.24. The van der Waals surface area contributed by atoms with E-state index < -0.39 is 32.8 Å². The number of anilines is 1. The summed E-state index contributed by atoms with van der Waals surface area (Å²) in [6.07, 6.45) is 0.107. The molecule has 0 bridgehead atoms. The van der Waals surface area contributed by atoms with Crippen LogP contribution in [0.15, 0.2) is 48.5 Å². The molecule has 0 aliphatic rings. The summed E-state index contributed by atoms with van der Waals surface area (Å²) >= 11 is 0. The molecule has 0 fully saturated rings. The van der Waals surface area contributed by atoms with E-state index in [4.69, 9.17) is 9.84 Å². The maximum Gasteiger partial charge on any atom is 0.327 e. The zero-order chi connectivity index (χ0) is 26.2. The number of para-hydroxylation sites is 1. The first-order valence-electron chi connectivity index (χ1n) is 11.2. The van der Waals surface area contributed by atoms with Crippen LogP contribution < -0.4 is 10.0 Å². The van der Waals surface area contributed by atoms with Crippen LogP contribution in [0.2, 0.25) is 0 Å². The predicted octanol–water partition coefficient (Wildman–Crippen LogP) is 3.28. The Morgan fingerprint density at radius 2 is 1.66 bits per heavy atom. The fraction of sp³-hybridized carbons (Fsp3) is 0.400. The van der Waals surface area contributed by atoms with Crippen molar-refractivity contribution >= 4 is 33.6 Å². The maximum absolute atomic E-state index is 13.2. The summed E-state index contributed by atoms with van der Waals surface area (Å²) < 4.78 is 34.4. The average molecular weight is 505 g/mol. The summed E-state index contributed by atoms with van der Waals surface area (Å²) in [6, 6.07) is 13.0. The first-order valence-corrected chi connectivity index (χ1v) is 12.7. The van der Waals surface area contributed by atoms with Gasteiger partial charge in [-0.2, -0.15) is 0 Å². The minimum Gasteiger partial charge on any atom is -0.481 e. The minimum atomic E-state index is -4.17. The minimum absolute atomic E-state index is 0.0454. The van der Waals surface area contributed by atoms with Crippen molar-refractivity contribution in [3.8, 4) is 0 Å². The second-order valence-electron chi connectivity index (χ2n) is 9.14. The molecule has 2 aromatic carbocycles. The maximum atomic E-state index is 13.2. The van der Waals surface area contributed by atoms with Crippen LogP contribution in [0.5, 0.6) is 0 Å². The molecular formula is C25H32N2O7S. The van der Waals surface area contributed by atoms with Crippen LogP contribution in [0, 0.1) is 6.92 Å². The van der Waals surface area contributed by atoms with Gasteiger partial charge in [0, 0.05) is 24.9 Å². The van der Waals surface area contributed by atoms with Crippen molar-refractivity contribution in [2.45, 2.75) is 57.8 Å². The number of carbonyl (C=O) groups is 3. The predicted molar refractivity (Wildman–Crippen MR) is 133 cm³/mol. The Labute approximate surface area is 205 Å². The second-order valence-corrected chi connectivity index (χ2v) is 11.0. The number of esters is 1. The van der Waals surface area contributed by atoms with Crippen LogP contribution in [-0.4, -0.2) is 48.8 Å². The number of carboxylic acids is 1. The van der Waals surface area contributed by atoms with Crippen LogP contribution >= 0.6 is 0 Å². The van der Waals surface area contributed by atoms with Crippen molar-refractivity contribution in [3.05, 3.63) is 65.2 Å². The number of ether oxygens (including phenoxy) is 1. The van der Waals surface area contributed by atoms with E-state index in [2.05, 4.69) is 10.0 Å². The molecule has 1 amide bonds. The number of hydrogen-bond donors (Lipinski definition) is 3. The summed E-state index contributed by atoms with van der Waals surface area (Å²) in [5, 5.41) is 9.78. The van der Waals surface area contributed by atoms with E-state index in [1.165, 1.54) is 12.1 Å². The highest BCUT2D eigenvalue weighted by atomic mass is 32.2.